The Kier molecular flexibility index (Phi) is 6.92. The van der Waals surface area contributed by atoms with Crippen molar-refractivity contribution in [1.82, 2.24) is 10.6 Å². The van der Waals surface area contributed by atoms with Crippen LogP contribution in [-0.4, -0.2) is 24.9 Å². The summed E-state index contributed by atoms with van der Waals surface area (Å²) in [6, 6.07) is 15.9. The van der Waals surface area contributed by atoms with Crippen LogP contribution in [0.3, 0.4) is 0 Å². The van der Waals surface area contributed by atoms with Gasteiger partial charge in [0.2, 0.25) is 0 Å². The van der Waals surface area contributed by atoms with E-state index in [0.29, 0.717) is 16.9 Å². The van der Waals surface area contributed by atoms with Crippen LogP contribution in [0, 0.1) is 12.7 Å². The monoisotopic (exact) mass is 468 g/mol. The predicted molar refractivity (Wildman–Crippen MR) is 126 cm³/mol. The number of para-hydroxylation sites is 1. The summed E-state index contributed by atoms with van der Waals surface area (Å²) in [6.07, 6.45) is 0. The largest absolute Gasteiger partial charge is 0.451 e. The molecule has 4 rings (SSSR count). The summed E-state index contributed by atoms with van der Waals surface area (Å²) < 4.78 is 20.7. The first kappa shape index (κ1) is 22.1. The molecule has 164 valence electrons. The molecule has 32 heavy (non-hydrogen) atoms. The molecule has 2 aromatic carbocycles. The molecule has 4 aromatic rings. The van der Waals surface area contributed by atoms with Crippen molar-refractivity contribution in [2.24, 2.45) is 0 Å². The Bertz CT molecular complexity index is 1250. The third-order valence-electron chi connectivity index (χ3n) is 4.89. The smallest absolute Gasteiger partial charge is 0.287 e. The number of nitrogens with one attached hydrogen (secondary N) is 2. The van der Waals surface area contributed by atoms with Gasteiger partial charge in [-0.05, 0) is 42.1 Å². The second-order valence-corrected chi connectivity index (χ2v) is 9.33. The number of carbonyl (C=O) groups is 2. The molecular weight excluding hydrogens is 447 g/mol. The molecule has 0 bridgehead atoms. The predicted octanol–water partition coefficient (Wildman–Crippen LogP) is 5.39. The fourth-order valence-electron chi connectivity index (χ4n) is 3.18. The quantitative estimate of drug-likeness (QED) is 0.269. The van der Waals surface area contributed by atoms with Crippen molar-refractivity contribution in [2.45, 2.75) is 16.9 Å². The lowest BCUT2D eigenvalue weighted by molar-refractivity contribution is 0.0911. The molecule has 0 aliphatic heterocycles. The van der Waals surface area contributed by atoms with E-state index < -0.39 is 11.7 Å². The molecule has 0 saturated heterocycles. The normalized spacial score (nSPS) is 10.9. The topological polar surface area (TPSA) is 71.3 Å². The van der Waals surface area contributed by atoms with Gasteiger partial charge in [-0.25, -0.2) is 4.39 Å². The van der Waals surface area contributed by atoms with Crippen molar-refractivity contribution in [1.29, 1.82) is 0 Å². The van der Waals surface area contributed by atoms with Crippen molar-refractivity contribution in [3.05, 3.63) is 88.2 Å². The molecule has 0 aliphatic carbocycles. The van der Waals surface area contributed by atoms with Gasteiger partial charge in [0.25, 0.3) is 11.8 Å². The van der Waals surface area contributed by atoms with Crippen molar-refractivity contribution < 1.29 is 18.4 Å². The van der Waals surface area contributed by atoms with Crippen LogP contribution in [0.4, 0.5) is 4.39 Å². The van der Waals surface area contributed by atoms with Crippen molar-refractivity contribution in [3.8, 4) is 0 Å². The average Bonchev–Trinajstić information content (AvgIpc) is 3.44. The van der Waals surface area contributed by atoms with E-state index in [2.05, 4.69) is 10.6 Å². The van der Waals surface area contributed by atoms with Crippen molar-refractivity contribution >= 4 is 45.9 Å². The number of amides is 2. The fraction of sp³-hybridized carbons (Fsp3) is 0.167. The molecule has 2 heterocycles. The third kappa shape index (κ3) is 5.03. The molecule has 0 atom stereocenters. The number of hydrogen-bond donors (Lipinski definition) is 2. The minimum Gasteiger partial charge on any atom is -0.451 e. The Labute approximate surface area is 193 Å². The maximum absolute atomic E-state index is 13.7. The number of thiophene rings is 1. The Morgan fingerprint density at radius 2 is 1.81 bits per heavy atom. The molecule has 0 saturated carbocycles. The van der Waals surface area contributed by atoms with E-state index in [1.165, 1.54) is 6.07 Å². The Balaban J connectivity index is 1.38. The molecule has 0 spiro atoms. The lowest BCUT2D eigenvalue weighted by Crippen LogP contribution is -2.34. The molecule has 2 aromatic heterocycles. The zero-order valence-electron chi connectivity index (χ0n) is 17.3. The van der Waals surface area contributed by atoms with E-state index in [1.807, 2.05) is 41.8 Å². The molecule has 0 radical (unpaired) electrons. The first-order valence-electron chi connectivity index (χ1n) is 10.0. The number of hydrogen-bond acceptors (Lipinski definition) is 5. The molecule has 2 amide bonds. The Morgan fingerprint density at radius 1 is 1.03 bits per heavy atom. The van der Waals surface area contributed by atoms with E-state index in [9.17, 15) is 14.0 Å². The fourth-order valence-corrected chi connectivity index (χ4v) is 4.99. The number of furan rings is 1. The van der Waals surface area contributed by atoms with Crippen molar-refractivity contribution in [3.63, 3.8) is 0 Å². The second kappa shape index (κ2) is 10.0. The SMILES string of the molecule is Cc1ccc(C(=O)NCCNC(=O)c2oc3ccccc3c2CSc2cccs2)cc1F. The van der Waals surface area contributed by atoms with Crippen LogP contribution in [0.1, 0.15) is 32.0 Å². The number of carbonyl (C=O) groups excluding carboxylic acids is 2. The lowest BCUT2D eigenvalue weighted by Gasteiger charge is -2.08. The number of fused-ring (bicyclic) bond motifs is 1. The lowest BCUT2D eigenvalue weighted by atomic mass is 10.1. The summed E-state index contributed by atoms with van der Waals surface area (Å²) >= 11 is 3.31. The second-order valence-electron chi connectivity index (χ2n) is 7.10. The van der Waals surface area contributed by atoms with Crippen LogP contribution in [-0.2, 0) is 5.75 Å². The maximum atomic E-state index is 13.7. The third-order valence-corrected chi connectivity index (χ3v) is 7.05. The molecule has 5 nitrogen and oxygen atoms in total. The van der Waals surface area contributed by atoms with E-state index in [-0.39, 0.29) is 30.3 Å². The van der Waals surface area contributed by atoms with Crippen LogP contribution in [0.15, 0.2) is 68.6 Å². The highest BCUT2D eigenvalue weighted by Crippen LogP contribution is 2.33. The summed E-state index contributed by atoms with van der Waals surface area (Å²) in [6.45, 7) is 2.06. The summed E-state index contributed by atoms with van der Waals surface area (Å²) in [5.74, 6) is -0.268. The van der Waals surface area contributed by atoms with Gasteiger partial charge in [0, 0.05) is 35.4 Å². The van der Waals surface area contributed by atoms with Gasteiger partial charge in [-0.15, -0.1) is 23.1 Å². The maximum Gasteiger partial charge on any atom is 0.287 e. The zero-order chi connectivity index (χ0) is 22.5. The Morgan fingerprint density at radius 3 is 2.56 bits per heavy atom. The highest BCUT2D eigenvalue weighted by molar-refractivity contribution is 8.00. The molecule has 0 fully saturated rings. The van der Waals surface area contributed by atoms with E-state index in [1.54, 1.807) is 42.2 Å². The summed E-state index contributed by atoms with van der Waals surface area (Å²) in [4.78, 5) is 25.0. The molecule has 8 heteroatoms. The highest BCUT2D eigenvalue weighted by Gasteiger charge is 2.20. The molecule has 0 aliphatic rings. The number of thioether (sulfide) groups is 1. The van der Waals surface area contributed by atoms with Gasteiger partial charge in [0.05, 0.1) is 4.21 Å². The first-order valence-corrected chi connectivity index (χ1v) is 11.9. The zero-order valence-corrected chi connectivity index (χ0v) is 18.9. The van der Waals surface area contributed by atoms with E-state index in [0.717, 1.165) is 15.2 Å². The average molecular weight is 469 g/mol. The number of aryl methyl sites for hydroxylation is 1. The minimum atomic E-state index is -0.427. The standard InChI is InChI=1S/C24H21FN2O3S2/c1-15-8-9-16(13-19(15)25)23(28)26-10-11-27-24(29)22-18(14-32-21-7-4-12-31-21)17-5-2-3-6-20(17)30-22/h2-9,12-13H,10-11,14H2,1H3,(H,26,28)(H,27,29). The van der Waals surface area contributed by atoms with E-state index in [4.69, 9.17) is 4.42 Å². The van der Waals surface area contributed by atoms with Crippen LogP contribution in [0.5, 0.6) is 0 Å². The van der Waals surface area contributed by atoms with Crippen LogP contribution in [0.2, 0.25) is 0 Å². The summed E-state index contributed by atoms with van der Waals surface area (Å²) in [5, 5.41) is 8.41. The number of rotatable bonds is 8. The van der Waals surface area contributed by atoms with Gasteiger partial charge < -0.3 is 15.1 Å². The van der Waals surface area contributed by atoms with Gasteiger partial charge in [0.15, 0.2) is 5.76 Å². The van der Waals surface area contributed by atoms with Gasteiger partial charge in [-0.3, -0.25) is 9.59 Å². The minimum absolute atomic E-state index is 0.208. The molecule has 0 unspecified atom stereocenters. The molecular formula is C24H21FN2O3S2. The van der Waals surface area contributed by atoms with Crippen LogP contribution in [0.25, 0.3) is 11.0 Å². The van der Waals surface area contributed by atoms with Gasteiger partial charge in [0.1, 0.15) is 11.4 Å². The van der Waals surface area contributed by atoms with E-state index >= 15 is 0 Å². The van der Waals surface area contributed by atoms with Gasteiger partial charge in [-0.1, -0.05) is 30.3 Å². The number of halogens is 1. The van der Waals surface area contributed by atoms with Gasteiger partial charge in [-0.2, -0.15) is 0 Å². The van der Waals surface area contributed by atoms with Crippen molar-refractivity contribution in [2.75, 3.05) is 13.1 Å². The van der Waals surface area contributed by atoms with Gasteiger partial charge >= 0.3 is 0 Å². The summed E-state index contributed by atoms with van der Waals surface area (Å²) in [7, 11) is 0. The van der Waals surface area contributed by atoms with Crippen LogP contribution >= 0.6 is 23.1 Å². The first-order chi connectivity index (χ1) is 15.5. The summed E-state index contributed by atoms with van der Waals surface area (Å²) in [5.41, 5.74) is 2.22. The Hall–Kier alpha value is -3.10. The highest BCUT2D eigenvalue weighted by atomic mass is 32.2. The number of benzene rings is 2. The molecule has 2 N–H and O–H groups in total. The van der Waals surface area contributed by atoms with Crippen LogP contribution < -0.4 is 10.6 Å².